The molecule has 2 bridgehead atoms. The maximum Gasteiger partial charge on any atom is 0.246 e. The molecular formula is C31H40ClFN4O5. The van der Waals surface area contributed by atoms with E-state index in [1.807, 2.05) is 6.08 Å². The standard InChI is InChI=1S/C31H40ClFN4O5/c1-18-5-3-6-23(19(18)2)35-29(39)27-31-10-9-24(42-31)25(28(38)34-20-7-8-22(33)21(32)17-20)26(31)30(40)37(27)12-4-11-36-13-15-41-16-14-36/h7-10,17-19,23-27H,3-6,11-16H2,1-2H3,(H,34,38)(H,35,39)/t18-,19-,23+,24+,25+,26+,27+,31+/m1/s1. The summed E-state index contributed by atoms with van der Waals surface area (Å²) in [6, 6.07) is 3.10. The van der Waals surface area contributed by atoms with Crippen molar-refractivity contribution >= 4 is 35.0 Å². The first-order valence-electron chi connectivity index (χ1n) is 15.2. The van der Waals surface area contributed by atoms with Crippen molar-refractivity contribution in [2.75, 3.05) is 44.7 Å². The van der Waals surface area contributed by atoms with Crippen LogP contribution >= 0.6 is 11.6 Å². The Hall–Kier alpha value is -2.53. The fourth-order valence-electron chi connectivity index (χ4n) is 7.64. The highest BCUT2D eigenvalue weighted by Gasteiger charge is 2.72. The molecule has 4 fully saturated rings. The van der Waals surface area contributed by atoms with Crippen LogP contribution in [0.5, 0.6) is 0 Å². The summed E-state index contributed by atoms with van der Waals surface area (Å²) >= 11 is 5.93. The summed E-state index contributed by atoms with van der Waals surface area (Å²) in [5.41, 5.74) is -0.897. The minimum absolute atomic E-state index is 0.0203. The van der Waals surface area contributed by atoms with E-state index in [0.717, 1.165) is 38.9 Å². The summed E-state index contributed by atoms with van der Waals surface area (Å²) in [6.45, 7) is 8.61. The van der Waals surface area contributed by atoms with E-state index in [1.165, 1.54) is 18.2 Å². The number of nitrogens with zero attached hydrogens (tertiary/aromatic N) is 2. The average molecular weight is 603 g/mol. The summed E-state index contributed by atoms with van der Waals surface area (Å²) < 4.78 is 25.6. The van der Waals surface area contributed by atoms with Crippen molar-refractivity contribution in [1.29, 1.82) is 0 Å². The van der Waals surface area contributed by atoms with Gasteiger partial charge in [0.2, 0.25) is 17.7 Å². The minimum atomic E-state index is -1.23. The van der Waals surface area contributed by atoms with E-state index in [9.17, 15) is 18.8 Å². The lowest BCUT2D eigenvalue weighted by atomic mass is 9.73. The molecule has 5 aliphatic rings. The molecule has 4 aliphatic heterocycles. The number of likely N-dealkylation sites (tertiary alicyclic amines) is 1. The van der Waals surface area contributed by atoms with Gasteiger partial charge in [-0.25, -0.2) is 4.39 Å². The van der Waals surface area contributed by atoms with Crippen LogP contribution in [-0.2, 0) is 23.9 Å². The van der Waals surface area contributed by atoms with Crippen LogP contribution in [0, 0.1) is 29.5 Å². The predicted octanol–water partition coefficient (Wildman–Crippen LogP) is 3.23. The molecule has 2 N–H and O–H groups in total. The number of ether oxygens (including phenoxy) is 2. The fourth-order valence-corrected chi connectivity index (χ4v) is 7.82. The van der Waals surface area contributed by atoms with Gasteiger partial charge in [0.15, 0.2) is 0 Å². The number of hydrogen-bond donors (Lipinski definition) is 2. The molecule has 0 radical (unpaired) electrons. The number of anilines is 1. The molecule has 1 aromatic rings. The number of fused-ring (bicyclic) bond motifs is 1. The highest BCUT2D eigenvalue weighted by atomic mass is 35.5. The van der Waals surface area contributed by atoms with Crippen molar-refractivity contribution in [3.05, 3.63) is 41.2 Å². The van der Waals surface area contributed by atoms with Crippen LogP contribution in [0.3, 0.4) is 0 Å². The van der Waals surface area contributed by atoms with Crippen molar-refractivity contribution in [2.24, 2.45) is 23.7 Å². The Morgan fingerprint density at radius 3 is 2.69 bits per heavy atom. The monoisotopic (exact) mass is 602 g/mol. The molecule has 3 saturated heterocycles. The Morgan fingerprint density at radius 2 is 1.93 bits per heavy atom. The average Bonchev–Trinajstić information content (AvgIpc) is 3.61. The first-order chi connectivity index (χ1) is 20.2. The Kier molecular flexibility index (Phi) is 8.34. The van der Waals surface area contributed by atoms with E-state index in [2.05, 4.69) is 29.4 Å². The Balaban J connectivity index is 1.25. The second kappa shape index (κ2) is 11.9. The summed E-state index contributed by atoms with van der Waals surface area (Å²) in [4.78, 5) is 45.9. The van der Waals surface area contributed by atoms with E-state index < -0.39 is 41.3 Å². The molecule has 228 valence electrons. The van der Waals surface area contributed by atoms with Crippen LogP contribution in [0.4, 0.5) is 10.1 Å². The number of nitrogens with one attached hydrogen (secondary N) is 2. The number of carbonyl (C=O) groups is 3. The van der Waals surface area contributed by atoms with Crippen LogP contribution in [0.1, 0.15) is 39.5 Å². The normalized spacial score (nSPS) is 35.9. The smallest absolute Gasteiger partial charge is 0.246 e. The van der Waals surface area contributed by atoms with E-state index in [-0.39, 0.29) is 22.9 Å². The van der Waals surface area contributed by atoms with E-state index in [0.29, 0.717) is 43.7 Å². The molecule has 9 nitrogen and oxygen atoms in total. The molecule has 1 aliphatic carbocycles. The zero-order chi connectivity index (χ0) is 29.6. The maximum absolute atomic E-state index is 14.2. The SMILES string of the molecule is C[C@@H]1[C@H](C)CCC[C@@H]1NC(=O)[C@@H]1N(CCCN2CCOCC2)C(=O)[C@@H]2[C@@H](C(=O)Nc3ccc(F)c(Cl)c3)[C@@H]3C=C[C@]21O3. The first-order valence-corrected chi connectivity index (χ1v) is 15.6. The molecule has 4 heterocycles. The van der Waals surface area contributed by atoms with Crippen LogP contribution in [-0.4, -0.2) is 90.7 Å². The van der Waals surface area contributed by atoms with Gasteiger partial charge >= 0.3 is 0 Å². The van der Waals surface area contributed by atoms with E-state index >= 15 is 0 Å². The molecule has 1 spiro atoms. The van der Waals surface area contributed by atoms with Crippen molar-refractivity contribution in [3.63, 3.8) is 0 Å². The third-order valence-corrected chi connectivity index (χ3v) is 10.4. The summed E-state index contributed by atoms with van der Waals surface area (Å²) in [7, 11) is 0. The quantitative estimate of drug-likeness (QED) is 0.443. The third-order valence-electron chi connectivity index (χ3n) is 10.1. The van der Waals surface area contributed by atoms with Gasteiger partial charge in [0.1, 0.15) is 17.5 Å². The van der Waals surface area contributed by atoms with Gasteiger partial charge in [-0.05, 0) is 42.9 Å². The number of carbonyl (C=O) groups excluding carboxylic acids is 3. The minimum Gasteiger partial charge on any atom is -0.379 e. The molecular weight excluding hydrogens is 563 g/mol. The van der Waals surface area contributed by atoms with Gasteiger partial charge in [-0.1, -0.05) is 50.4 Å². The van der Waals surface area contributed by atoms with Gasteiger partial charge < -0.3 is 25.0 Å². The Bertz CT molecular complexity index is 1260. The van der Waals surface area contributed by atoms with Gasteiger partial charge in [-0.2, -0.15) is 0 Å². The lowest BCUT2D eigenvalue weighted by molar-refractivity contribution is -0.141. The molecule has 0 unspecified atom stereocenters. The summed E-state index contributed by atoms with van der Waals surface area (Å²) in [5, 5.41) is 5.98. The van der Waals surface area contributed by atoms with Gasteiger partial charge in [0, 0.05) is 37.9 Å². The molecule has 6 rings (SSSR count). The Labute approximate surface area is 251 Å². The van der Waals surface area contributed by atoms with Crippen LogP contribution in [0.25, 0.3) is 0 Å². The van der Waals surface area contributed by atoms with Crippen LogP contribution < -0.4 is 10.6 Å². The molecule has 11 heteroatoms. The van der Waals surface area contributed by atoms with Gasteiger partial charge in [-0.15, -0.1) is 0 Å². The molecule has 1 aromatic carbocycles. The van der Waals surface area contributed by atoms with E-state index in [4.69, 9.17) is 21.1 Å². The number of benzene rings is 1. The summed E-state index contributed by atoms with van der Waals surface area (Å²) in [5.74, 6) is -2.34. The highest BCUT2D eigenvalue weighted by molar-refractivity contribution is 6.31. The zero-order valence-corrected chi connectivity index (χ0v) is 24.9. The number of hydrogen-bond acceptors (Lipinski definition) is 6. The van der Waals surface area contributed by atoms with Crippen molar-refractivity contribution < 1.29 is 28.2 Å². The number of rotatable bonds is 8. The van der Waals surface area contributed by atoms with Gasteiger partial charge in [0.25, 0.3) is 0 Å². The number of morpholine rings is 1. The maximum atomic E-state index is 14.2. The molecule has 3 amide bonds. The lowest BCUT2D eigenvalue weighted by Crippen LogP contribution is -2.58. The second-order valence-electron chi connectivity index (χ2n) is 12.5. The van der Waals surface area contributed by atoms with Crippen LogP contribution in [0.2, 0.25) is 5.02 Å². The van der Waals surface area contributed by atoms with Crippen molar-refractivity contribution in [2.45, 2.75) is 63.3 Å². The zero-order valence-electron chi connectivity index (χ0n) is 24.2. The molecule has 8 atom stereocenters. The fraction of sp³-hybridized carbons (Fsp3) is 0.645. The molecule has 1 saturated carbocycles. The predicted molar refractivity (Wildman–Crippen MR) is 155 cm³/mol. The lowest BCUT2D eigenvalue weighted by Gasteiger charge is -2.38. The largest absolute Gasteiger partial charge is 0.379 e. The van der Waals surface area contributed by atoms with Gasteiger partial charge in [-0.3, -0.25) is 19.3 Å². The first kappa shape index (κ1) is 29.5. The Morgan fingerprint density at radius 1 is 1.14 bits per heavy atom. The van der Waals surface area contributed by atoms with Gasteiger partial charge in [0.05, 0.1) is 36.2 Å². The highest BCUT2D eigenvalue weighted by Crippen LogP contribution is 2.55. The molecule has 42 heavy (non-hydrogen) atoms. The van der Waals surface area contributed by atoms with Crippen LogP contribution in [0.15, 0.2) is 30.4 Å². The number of halogens is 2. The van der Waals surface area contributed by atoms with E-state index in [1.54, 1.807) is 11.0 Å². The second-order valence-corrected chi connectivity index (χ2v) is 12.9. The van der Waals surface area contributed by atoms with Crippen molar-refractivity contribution in [3.8, 4) is 0 Å². The number of amides is 3. The topological polar surface area (TPSA) is 100 Å². The molecule has 0 aromatic heterocycles. The summed E-state index contributed by atoms with van der Waals surface area (Å²) in [6.07, 6.45) is 6.76. The van der Waals surface area contributed by atoms with Crippen molar-refractivity contribution in [1.82, 2.24) is 15.1 Å². The third kappa shape index (κ3) is 5.25.